The minimum absolute atomic E-state index is 0.0332. The van der Waals surface area contributed by atoms with E-state index in [9.17, 15) is 22.8 Å². The van der Waals surface area contributed by atoms with Crippen LogP contribution in [-0.2, 0) is 6.18 Å². The summed E-state index contributed by atoms with van der Waals surface area (Å²) in [7, 11) is 0. The molecule has 150 valence electrons. The van der Waals surface area contributed by atoms with E-state index in [4.69, 9.17) is 11.6 Å². The van der Waals surface area contributed by atoms with Crippen molar-refractivity contribution in [3.63, 3.8) is 0 Å². The van der Waals surface area contributed by atoms with Crippen molar-refractivity contribution in [2.75, 3.05) is 10.6 Å². The van der Waals surface area contributed by atoms with Crippen LogP contribution in [0.15, 0.2) is 48.7 Å². The largest absolute Gasteiger partial charge is 0.416 e. The number of carbonyl (C=O) groups is 2. The topological polar surface area (TPSA) is 71.1 Å². The number of amides is 2. The molecule has 0 atom stereocenters. The average Bonchev–Trinajstić information content (AvgIpc) is 3.12. The SMILES string of the molecule is Cc1cccc(Cl)c1NC(=O)c1cnc(NC(=O)c2ccc(C(F)(F)F)cc2)s1. The van der Waals surface area contributed by atoms with Crippen molar-refractivity contribution in [1.82, 2.24) is 4.98 Å². The van der Waals surface area contributed by atoms with Gasteiger partial charge in [0.15, 0.2) is 5.13 Å². The van der Waals surface area contributed by atoms with Gasteiger partial charge in [-0.3, -0.25) is 14.9 Å². The first-order chi connectivity index (χ1) is 13.6. The van der Waals surface area contributed by atoms with Gasteiger partial charge in [0.05, 0.1) is 22.5 Å². The highest BCUT2D eigenvalue weighted by Gasteiger charge is 2.30. The summed E-state index contributed by atoms with van der Waals surface area (Å²) in [6, 6.07) is 8.98. The molecule has 29 heavy (non-hydrogen) atoms. The van der Waals surface area contributed by atoms with Crippen LogP contribution in [0.5, 0.6) is 0 Å². The Bertz CT molecular complexity index is 1050. The summed E-state index contributed by atoms with van der Waals surface area (Å²) < 4.78 is 37.8. The van der Waals surface area contributed by atoms with Gasteiger partial charge in [-0.2, -0.15) is 13.2 Å². The molecule has 0 spiro atoms. The van der Waals surface area contributed by atoms with Crippen molar-refractivity contribution < 1.29 is 22.8 Å². The van der Waals surface area contributed by atoms with Gasteiger partial charge in [-0.1, -0.05) is 35.1 Å². The van der Waals surface area contributed by atoms with E-state index >= 15 is 0 Å². The second kappa shape index (κ2) is 8.22. The number of nitrogens with zero attached hydrogens (tertiary/aromatic N) is 1. The number of thiazole rings is 1. The summed E-state index contributed by atoms with van der Waals surface area (Å²) in [4.78, 5) is 28.8. The van der Waals surface area contributed by atoms with Gasteiger partial charge in [0.25, 0.3) is 11.8 Å². The Kier molecular flexibility index (Phi) is 5.90. The Balaban J connectivity index is 1.68. The Morgan fingerprint density at radius 1 is 1.03 bits per heavy atom. The predicted octanol–water partition coefficient (Wildman–Crippen LogP) is 5.63. The van der Waals surface area contributed by atoms with Crippen molar-refractivity contribution in [3.8, 4) is 0 Å². The van der Waals surface area contributed by atoms with E-state index in [1.54, 1.807) is 25.1 Å². The highest BCUT2D eigenvalue weighted by atomic mass is 35.5. The highest BCUT2D eigenvalue weighted by Crippen LogP contribution is 2.30. The molecule has 0 fully saturated rings. The van der Waals surface area contributed by atoms with Gasteiger partial charge in [0, 0.05) is 5.56 Å². The second-order valence-corrected chi connectivity index (χ2v) is 7.38. The molecule has 1 heterocycles. The third kappa shape index (κ3) is 4.93. The summed E-state index contributed by atoms with van der Waals surface area (Å²) in [5.74, 6) is -1.09. The van der Waals surface area contributed by atoms with E-state index < -0.39 is 23.6 Å². The molecule has 0 aliphatic carbocycles. The first kappa shape index (κ1) is 20.8. The molecule has 2 N–H and O–H groups in total. The third-order valence-electron chi connectivity index (χ3n) is 3.88. The number of hydrogen-bond donors (Lipinski definition) is 2. The molecule has 0 aliphatic heterocycles. The lowest BCUT2D eigenvalue weighted by Crippen LogP contribution is -2.13. The second-order valence-electron chi connectivity index (χ2n) is 5.94. The molecular formula is C19H13ClF3N3O2S. The zero-order valence-corrected chi connectivity index (χ0v) is 16.4. The molecule has 3 aromatic rings. The van der Waals surface area contributed by atoms with Crippen LogP contribution in [0.4, 0.5) is 24.0 Å². The van der Waals surface area contributed by atoms with Crippen molar-refractivity contribution in [3.05, 3.63) is 75.3 Å². The van der Waals surface area contributed by atoms with Crippen molar-refractivity contribution >= 4 is 45.6 Å². The number of nitrogens with one attached hydrogen (secondary N) is 2. The Hall–Kier alpha value is -2.91. The minimum Gasteiger partial charge on any atom is -0.320 e. The molecule has 0 saturated carbocycles. The predicted molar refractivity (Wildman–Crippen MR) is 106 cm³/mol. The zero-order valence-electron chi connectivity index (χ0n) is 14.8. The van der Waals surface area contributed by atoms with Crippen molar-refractivity contribution in [1.29, 1.82) is 0 Å². The van der Waals surface area contributed by atoms with E-state index in [0.717, 1.165) is 41.2 Å². The highest BCUT2D eigenvalue weighted by molar-refractivity contribution is 7.17. The van der Waals surface area contributed by atoms with E-state index in [-0.39, 0.29) is 15.6 Å². The van der Waals surface area contributed by atoms with Crippen LogP contribution in [0.25, 0.3) is 0 Å². The number of aromatic nitrogens is 1. The number of alkyl halides is 3. The zero-order chi connectivity index (χ0) is 21.2. The lowest BCUT2D eigenvalue weighted by Gasteiger charge is -2.08. The van der Waals surface area contributed by atoms with Crippen LogP contribution in [0.2, 0.25) is 5.02 Å². The maximum atomic E-state index is 12.6. The standard InChI is InChI=1S/C19H13ClF3N3O2S/c1-10-3-2-4-13(20)15(10)25-17(28)14-9-24-18(29-14)26-16(27)11-5-7-12(8-6-11)19(21,22)23/h2-9H,1H3,(H,25,28)(H,24,26,27). The number of rotatable bonds is 4. The number of carbonyl (C=O) groups excluding carboxylic acids is 2. The molecule has 0 bridgehead atoms. The van der Waals surface area contributed by atoms with Crippen molar-refractivity contribution in [2.24, 2.45) is 0 Å². The number of aryl methyl sites for hydroxylation is 1. The van der Waals surface area contributed by atoms with E-state index in [0.29, 0.717) is 10.7 Å². The van der Waals surface area contributed by atoms with E-state index in [2.05, 4.69) is 15.6 Å². The van der Waals surface area contributed by atoms with Gasteiger partial charge < -0.3 is 5.32 Å². The molecule has 0 saturated heterocycles. The van der Waals surface area contributed by atoms with Gasteiger partial charge >= 0.3 is 6.18 Å². The molecule has 10 heteroatoms. The fraction of sp³-hybridized carbons (Fsp3) is 0.105. The van der Waals surface area contributed by atoms with Crippen molar-refractivity contribution in [2.45, 2.75) is 13.1 Å². The number of para-hydroxylation sites is 1. The van der Waals surface area contributed by atoms with Crippen LogP contribution < -0.4 is 10.6 Å². The molecule has 1 aromatic heterocycles. The minimum atomic E-state index is -4.48. The molecule has 5 nitrogen and oxygen atoms in total. The number of halogens is 4. The maximum absolute atomic E-state index is 12.6. The smallest absolute Gasteiger partial charge is 0.320 e. The average molecular weight is 440 g/mol. The lowest BCUT2D eigenvalue weighted by molar-refractivity contribution is -0.137. The molecule has 0 radical (unpaired) electrons. The van der Waals surface area contributed by atoms with E-state index in [1.807, 2.05) is 0 Å². The fourth-order valence-electron chi connectivity index (χ4n) is 2.38. The van der Waals surface area contributed by atoms with Crippen LogP contribution in [0, 0.1) is 6.92 Å². The van der Waals surface area contributed by atoms with Gasteiger partial charge in [0.2, 0.25) is 0 Å². The molecular weight excluding hydrogens is 427 g/mol. The van der Waals surface area contributed by atoms with Crippen LogP contribution in [0.1, 0.15) is 31.2 Å². The summed E-state index contributed by atoms with van der Waals surface area (Å²) in [6.45, 7) is 1.80. The maximum Gasteiger partial charge on any atom is 0.416 e. The number of hydrogen-bond acceptors (Lipinski definition) is 4. The Morgan fingerprint density at radius 2 is 1.72 bits per heavy atom. The molecule has 3 rings (SSSR count). The van der Waals surface area contributed by atoms with Crippen LogP contribution in [0.3, 0.4) is 0 Å². The van der Waals surface area contributed by atoms with Gasteiger partial charge in [-0.05, 0) is 42.8 Å². The fourth-order valence-corrected chi connectivity index (χ4v) is 3.36. The van der Waals surface area contributed by atoms with Gasteiger partial charge in [0.1, 0.15) is 4.88 Å². The molecule has 0 aliphatic rings. The number of benzene rings is 2. The molecule has 0 unspecified atom stereocenters. The Morgan fingerprint density at radius 3 is 2.34 bits per heavy atom. The summed E-state index contributed by atoms with van der Waals surface area (Å²) >= 11 is 7.01. The quantitative estimate of drug-likeness (QED) is 0.553. The molecule has 2 amide bonds. The summed E-state index contributed by atoms with van der Waals surface area (Å²) in [6.07, 6.45) is -3.19. The normalized spacial score (nSPS) is 11.2. The van der Waals surface area contributed by atoms with Gasteiger partial charge in [-0.25, -0.2) is 4.98 Å². The van der Waals surface area contributed by atoms with Crippen LogP contribution >= 0.6 is 22.9 Å². The third-order valence-corrected chi connectivity index (χ3v) is 5.11. The molecule has 2 aromatic carbocycles. The first-order valence-corrected chi connectivity index (χ1v) is 9.35. The Labute approximate surface area is 172 Å². The first-order valence-electron chi connectivity index (χ1n) is 8.16. The lowest BCUT2D eigenvalue weighted by atomic mass is 10.1. The summed E-state index contributed by atoms with van der Waals surface area (Å²) in [5.41, 5.74) is 0.442. The van der Waals surface area contributed by atoms with E-state index in [1.165, 1.54) is 6.20 Å². The summed E-state index contributed by atoms with van der Waals surface area (Å²) in [5, 5.41) is 5.68. The monoisotopic (exact) mass is 439 g/mol. The number of anilines is 2. The van der Waals surface area contributed by atoms with Gasteiger partial charge in [-0.15, -0.1) is 0 Å². The van der Waals surface area contributed by atoms with Crippen LogP contribution in [-0.4, -0.2) is 16.8 Å².